The average Bonchev–Trinajstić information content (AvgIpc) is 3.10. The fourth-order valence-corrected chi connectivity index (χ4v) is 3.77. The molecule has 0 bridgehead atoms. The van der Waals surface area contributed by atoms with E-state index in [-0.39, 0.29) is 36.0 Å². The number of ether oxygens (including phenoxy) is 1. The molecule has 2 aliphatic rings. The van der Waals surface area contributed by atoms with Crippen LogP contribution in [-0.2, 0) is 16.1 Å². The van der Waals surface area contributed by atoms with Crippen molar-refractivity contribution < 1.29 is 9.53 Å². The van der Waals surface area contributed by atoms with Gasteiger partial charge < -0.3 is 20.3 Å². The summed E-state index contributed by atoms with van der Waals surface area (Å²) in [4.78, 5) is 20.5. The number of likely N-dealkylation sites (tertiary alicyclic amines) is 1. The van der Waals surface area contributed by atoms with E-state index in [1.807, 2.05) is 0 Å². The van der Waals surface area contributed by atoms with Gasteiger partial charge in [-0.2, -0.15) is 0 Å². The number of guanidine groups is 1. The van der Waals surface area contributed by atoms with Gasteiger partial charge in [0.05, 0.1) is 25.3 Å². The molecular weight excluding hydrogens is 469 g/mol. The fraction of sp³-hybridized carbons (Fsp3) is 0.600. The number of nitrogens with zero attached hydrogens (tertiary/aromatic N) is 3. The summed E-state index contributed by atoms with van der Waals surface area (Å²) in [5.74, 6) is 0.882. The zero-order chi connectivity index (χ0) is 19.1. The highest BCUT2D eigenvalue weighted by Gasteiger charge is 2.41. The van der Waals surface area contributed by atoms with Crippen LogP contribution in [0.3, 0.4) is 0 Å². The molecule has 0 spiro atoms. The highest BCUT2D eigenvalue weighted by atomic mass is 127. The normalized spacial score (nSPS) is 22.4. The second-order valence-electron chi connectivity index (χ2n) is 7.06. The van der Waals surface area contributed by atoms with Crippen molar-refractivity contribution in [3.8, 4) is 0 Å². The molecule has 1 aromatic rings. The van der Waals surface area contributed by atoms with E-state index in [0.29, 0.717) is 19.1 Å². The average molecular weight is 501 g/mol. The number of hydrogen-bond donors (Lipinski definition) is 2. The Morgan fingerprint density at radius 3 is 2.75 bits per heavy atom. The minimum atomic E-state index is -0.0210. The molecule has 0 aliphatic carbocycles. The Balaban J connectivity index is 0.00000280. The molecule has 2 aliphatic heterocycles. The van der Waals surface area contributed by atoms with Gasteiger partial charge in [-0.25, -0.2) is 0 Å². The minimum absolute atomic E-state index is 0. The molecule has 2 fully saturated rings. The van der Waals surface area contributed by atoms with Gasteiger partial charge in [0.15, 0.2) is 5.96 Å². The molecule has 2 N–H and O–H groups in total. The van der Waals surface area contributed by atoms with Crippen LogP contribution < -0.4 is 10.6 Å². The number of carbonyl (C=O) groups is 1. The second-order valence-corrected chi connectivity index (χ2v) is 7.06. The molecule has 2 unspecified atom stereocenters. The van der Waals surface area contributed by atoms with E-state index in [4.69, 9.17) is 4.74 Å². The van der Waals surface area contributed by atoms with Gasteiger partial charge in [-0.05, 0) is 12.5 Å². The summed E-state index contributed by atoms with van der Waals surface area (Å²) in [6.45, 7) is 9.99. The van der Waals surface area contributed by atoms with E-state index in [1.54, 1.807) is 0 Å². The van der Waals surface area contributed by atoms with Crippen LogP contribution in [0.2, 0.25) is 0 Å². The third-order valence-electron chi connectivity index (χ3n) is 5.03. The van der Waals surface area contributed by atoms with E-state index in [2.05, 4.69) is 62.7 Å². The highest BCUT2D eigenvalue weighted by molar-refractivity contribution is 14.0. The number of halogens is 1. The Kier molecular flexibility index (Phi) is 9.46. The van der Waals surface area contributed by atoms with Crippen LogP contribution in [-0.4, -0.2) is 79.7 Å². The zero-order valence-electron chi connectivity index (χ0n) is 16.8. The van der Waals surface area contributed by atoms with Gasteiger partial charge in [0, 0.05) is 46.2 Å². The Morgan fingerprint density at radius 2 is 2.04 bits per heavy atom. The third kappa shape index (κ3) is 6.31. The van der Waals surface area contributed by atoms with Crippen molar-refractivity contribution in [1.29, 1.82) is 0 Å². The van der Waals surface area contributed by atoms with Crippen LogP contribution >= 0.6 is 24.0 Å². The maximum atomic E-state index is 11.0. The maximum Gasteiger partial charge on any atom is 0.216 e. The van der Waals surface area contributed by atoms with Crippen molar-refractivity contribution in [2.75, 3.05) is 45.9 Å². The number of morpholine rings is 1. The zero-order valence-corrected chi connectivity index (χ0v) is 19.1. The monoisotopic (exact) mass is 501 g/mol. The second kappa shape index (κ2) is 11.6. The quantitative estimate of drug-likeness (QED) is 0.266. The summed E-state index contributed by atoms with van der Waals surface area (Å²) in [6.07, 6.45) is 0.210. The SMILES string of the molecule is CCNC(=NCCNC(C)=O)N1CC2OCCN(Cc3ccccc3)C2C1.I. The van der Waals surface area contributed by atoms with Gasteiger partial charge in [-0.15, -0.1) is 24.0 Å². The molecule has 0 aromatic heterocycles. The first-order valence-electron chi connectivity index (χ1n) is 9.84. The van der Waals surface area contributed by atoms with E-state index in [9.17, 15) is 4.79 Å². The van der Waals surface area contributed by atoms with Gasteiger partial charge in [0.25, 0.3) is 0 Å². The van der Waals surface area contributed by atoms with Gasteiger partial charge in [-0.3, -0.25) is 14.7 Å². The smallest absolute Gasteiger partial charge is 0.216 e. The molecule has 0 saturated carbocycles. The highest BCUT2D eigenvalue weighted by Crippen LogP contribution is 2.24. The van der Waals surface area contributed by atoms with Gasteiger partial charge >= 0.3 is 0 Å². The van der Waals surface area contributed by atoms with Crippen LogP contribution in [0.15, 0.2) is 35.3 Å². The van der Waals surface area contributed by atoms with Crippen molar-refractivity contribution in [3.05, 3.63) is 35.9 Å². The number of rotatable bonds is 6. The molecule has 7 nitrogen and oxygen atoms in total. The molecule has 2 saturated heterocycles. The first kappa shape index (κ1) is 22.9. The minimum Gasteiger partial charge on any atom is -0.373 e. The summed E-state index contributed by atoms with van der Waals surface area (Å²) < 4.78 is 6.06. The molecule has 0 radical (unpaired) electrons. The number of hydrogen-bond acceptors (Lipinski definition) is 4. The first-order valence-corrected chi connectivity index (χ1v) is 9.84. The number of fused-ring (bicyclic) bond motifs is 1. The number of nitrogens with one attached hydrogen (secondary N) is 2. The molecule has 3 rings (SSSR count). The number of benzene rings is 1. The van der Waals surface area contributed by atoms with E-state index >= 15 is 0 Å². The Bertz CT molecular complexity index is 643. The summed E-state index contributed by atoms with van der Waals surface area (Å²) in [5, 5.41) is 6.17. The predicted molar refractivity (Wildman–Crippen MR) is 122 cm³/mol. The number of aliphatic imine (C=N–C) groups is 1. The largest absolute Gasteiger partial charge is 0.373 e. The fourth-order valence-electron chi connectivity index (χ4n) is 3.77. The molecule has 2 heterocycles. The van der Waals surface area contributed by atoms with Crippen LogP contribution in [0.1, 0.15) is 19.4 Å². The lowest BCUT2D eigenvalue weighted by Gasteiger charge is -2.36. The van der Waals surface area contributed by atoms with Gasteiger partial charge in [-0.1, -0.05) is 30.3 Å². The number of carbonyl (C=O) groups excluding carboxylic acids is 1. The Hall–Kier alpha value is -1.39. The summed E-state index contributed by atoms with van der Waals surface area (Å²) in [7, 11) is 0. The van der Waals surface area contributed by atoms with Crippen LogP contribution in [0.5, 0.6) is 0 Å². The summed E-state index contributed by atoms with van der Waals surface area (Å²) in [6, 6.07) is 11.0. The van der Waals surface area contributed by atoms with Crippen LogP contribution in [0.4, 0.5) is 0 Å². The van der Waals surface area contributed by atoms with Crippen LogP contribution in [0, 0.1) is 0 Å². The lowest BCUT2D eigenvalue weighted by atomic mass is 10.1. The van der Waals surface area contributed by atoms with Crippen LogP contribution in [0.25, 0.3) is 0 Å². The molecule has 2 atom stereocenters. The Labute approximate surface area is 184 Å². The number of amides is 1. The first-order chi connectivity index (χ1) is 13.2. The van der Waals surface area contributed by atoms with Gasteiger partial charge in [0.1, 0.15) is 0 Å². The van der Waals surface area contributed by atoms with E-state index < -0.39 is 0 Å². The van der Waals surface area contributed by atoms with Crippen molar-refractivity contribution >= 4 is 35.8 Å². The maximum absolute atomic E-state index is 11.0. The van der Waals surface area contributed by atoms with E-state index in [0.717, 1.165) is 45.3 Å². The third-order valence-corrected chi connectivity index (χ3v) is 5.03. The Morgan fingerprint density at radius 1 is 1.25 bits per heavy atom. The topological polar surface area (TPSA) is 69.2 Å². The standard InChI is InChI=1S/C20H31N5O2.HI/c1-3-21-20(23-10-9-22-16(2)26)25-14-18-19(15-25)27-12-11-24(18)13-17-7-5-4-6-8-17;/h4-8,18-19H,3,9-15H2,1-2H3,(H,21,23)(H,22,26);1H. The molecule has 1 amide bonds. The molecular formula is C20H32IN5O2. The lowest BCUT2D eigenvalue weighted by molar-refractivity contribution is -0.118. The molecule has 28 heavy (non-hydrogen) atoms. The molecule has 8 heteroatoms. The molecule has 1 aromatic carbocycles. The predicted octanol–water partition coefficient (Wildman–Crippen LogP) is 1.29. The van der Waals surface area contributed by atoms with Gasteiger partial charge in [0.2, 0.25) is 5.91 Å². The van der Waals surface area contributed by atoms with Crippen molar-refractivity contribution in [2.45, 2.75) is 32.5 Å². The lowest BCUT2D eigenvalue weighted by Crippen LogP contribution is -2.50. The van der Waals surface area contributed by atoms with Crippen molar-refractivity contribution in [1.82, 2.24) is 20.4 Å². The summed E-state index contributed by atoms with van der Waals surface area (Å²) in [5.41, 5.74) is 1.34. The molecule has 156 valence electrons. The van der Waals surface area contributed by atoms with E-state index in [1.165, 1.54) is 12.5 Å². The van der Waals surface area contributed by atoms with Crippen molar-refractivity contribution in [2.24, 2.45) is 4.99 Å². The summed E-state index contributed by atoms with van der Waals surface area (Å²) >= 11 is 0. The van der Waals surface area contributed by atoms with Crippen molar-refractivity contribution in [3.63, 3.8) is 0 Å².